The van der Waals surface area contributed by atoms with Gasteiger partial charge in [-0.2, -0.15) is 0 Å². The number of rotatable bonds is 7. The molecule has 10 atom stereocenters. The highest BCUT2D eigenvalue weighted by Crippen LogP contribution is 2.69. The van der Waals surface area contributed by atoms with Gasteiger partial charge in [-0.15, -0.1) is 0 Å². The second kappa shape index (κ2) is 10.2. The van der Waals surface area contributed by atoms with Gasteiger partial charge in [0.2, 0.25) is 0 Å². The van der Waals surface area contributed by atoms with Gasteiger partial charge in [0, 0.05) is 25.7 Å². The predicted octanol–water partition coefficient (Wildman–Crippen LogP) is 6.70. The number of ether oxygens (including phenoxy) is 2. The fraction of sp³-hybridized carbons (Fsp3) is 0.935. The maximum Gasteiger partial charge on any atom is 0.303 e. The van der Waals surface area contributed by atoms with Crippen LogP contribution in [0.5, 0.6) is 0 Å². The summed E-state index contributed by atoms with van der Waals surface area (Å²) in [4.78, 5) is 23.9. The molecule has 0 amide bonds. The minimum absolute atomic E-state index is 0.308. The van der Waals surface area contributed by atoms with Crippen molar-refractivity contribution in [2.75, 3.05) is 0 Å². The van der Waals surface area contributed by atoms with E-state index in [1.165, 1.54) is 52.4 Å². The first-order valence-electron chi connectivity index (χ1n) is 14.9. The lowest BCUT2D eigenvalue weighted by Crippen LogP contribution is -2.69. The average molecular weight is 505 g/mol. The van der Waals surface area contributed by atoms with Gasteiger partial charge in [0.05, 0.1) is 0 Å². The number of esters is 2. The summed E-state index contributed by atoms with van der Waals surface area (Å²) >= 11 is 0. The third-order valence-corrected chi connectivity index (χ3v) is 11.6. The van der Waals surface area contributed by atoms with Gasteiger partial charge < -0.3 is 14.6 Å². The Bertz CT molecular complexity index is 824. The zero-order valence-electron chi connectivity index (χ0n) is 24.0. The summed E-state index contributed by atoms with van der Waals surface area (Å²) in [5.41, 5.74) is -1.16. The Kier molecular flexibility index (Phi) is 7.93. The largest absolute Gasteiger partial charge is 0.462 e. The SMILES string of the molecule is CC(=O)O[C@H]1CC[C@]2(C)C3CC[C@@]4(C)C(CC[C@@H]4C(C)CCCC(C)C)C3C[C@@H](OC(C)=O)[C@@]2(O)C1. The van der Waals surface area contributed by atoms with Gasteiger partial charge in [0.25, 0.3) is 0 Å². The molecule has 0 aromatic rings. The van der Waals surface area contributed by atoms with Crippen molar-refractivity contribution in [3.8, 4) is 0 Å². The van der Waals surface area contributed by atoms with Crippen LogP contribution >= 0.6 is 0 Å². The van der Waals surface area contributed by atoms with Gasteiger partial charge in [-0.3, -0.25) is 9.59 Å². The maximum atomic E-state index is 12.3. The molecular formula is C31H52O5. The van der Waals surface area contributed by atoms with Crippen LogP contribution in [0.3, 0.4) is 0 Å². The quantitative estimate of drug-likeness (QED) is 0.391. The first-order valence-corrected chi connectivity index (χ1v) is 14.9. The van der Waals surface area contributed by atoms with Crippen molar-refractivity contribution in [2.45, 2.75) is 137 Å². The van der Waals surface area contributed by atoms with E-state index in [0.29, 0.717) is 29.6 Å². The maximum absolute atomic E-state index is 12.3. The summed E-state index contributed by atoms with van der Waals surface area (Å²) < 4.78 is 11.5. The Labute approximate surface area is 219 Å². The van der Waals surface area contributed by atoms with Crippen LogP contribution in [0.15, 0.2) is 0 Å². The predicted molar refractivity (Wildman–Crippen MR) is 141 cm³/mol. The lowest BCUT2D eigenvalue weighted by atomic mass is 9.42. The molecule has 4 rings (SSSR count). The topological polar surface area (TPSA) is 72.8 Å². The molecule has 0 aromatic heterocycles. The van der Waals surface area contributed by atoms with Crippen molar-refractivity contribution in [2.24, 2.45) is 46.3 Å². The van der Waals surface area contributed by atoms with Crippen LogP contribution in [0.25, 0.3) is 0 Å². The smallest absolute Gasteiger partial charge is 0.303 e. The molecule has 206 valence electrons. The van der Waals surface area contributed by atoms with E-state index in [1.54, 1.807) is 0 Å². The van der Waals surface area contributed by atoms with E-state index >= 15 is 0 Å². The van der Waals surface area contributed by atoms with Crippen molar-refractivity contribution in [3.05, 3.63) is 0 Å². The van der Waals surface area contributed by atoms with Crippen molar-refractivity contribution < 1.29 is 24.2 Å². The Morgan fingerprint density at radius 3 is 2.25 bits per heavy atom. The molecule has 0 aliphatic heterocycles. The summed E-state index contributed by atoms with van der Waals surface area (Å²) in [6.45, 7) is 14.8. The molecule has 5 nitrogen and oxygen atoms in total. The first kappa shape index (κ1) is 27.9. The van der Waals surface area contributed by atoms with Gasteiger partial charge in [0.1, 0.15) is 17.8 Å². The fourth-order valence-electron chi connectivity index (χ4n) is 9.92. The Balaban J connectivity index is 1.59. The van der Waals surface area contributed by atoms with Gasteiger partial charge >= 0.3 is 11.9 Å². The van der Waals surface area contributed by atoms with E-state index in [9.17, 15) is 14.7 Å². The van der Waals surface area contributed by atoms with Crippen molar-refractivity contribution in [1.82, 2.24) is 0 Å². The van der Waals surface area contributed by atoms with Crippen LogP contribution < -0.4 is 0 Å². The van der Waals surface area contributed by atoms with Gasteiger partial charge in [-0.05, 0) is 85.9 Å². The Morgan fingerprint density at radius 1 is 0.917 bits per heavy atom. The highest BCUT2D eigenvalue weighted by Gasteiger charge is 2.68. The first-order chi connectivity index (χ1) is 16.8. The number of carbonyl (C=O) groups is 2. The Hall–Kier alpha value is -1.10. The number of hydrogen-bond donors (Lipinski definition) is 1. The molecular weight excluding hydrogens is 452 g/mol. The van der Waals surface area contributed by atoms with Crippen LogP contribution in [0.2, 0.25) is 0 Å². The summed E-state index contributed by atoms with van der Waals surface area (Å²) in [5, 5.41) is 12.3. The van der Waals surface area contributed by atoms with Crippen molar-refractivity contribution in [3.63, 3.8) is 0 Å². The number of aliphatic hydroxyl groups is 1. The van der Waals surface area contributed by atoms with Crippen LogP contribution in [-0.4, -0.2) is 34.9 Å². The second-order valence-electron chi connectivity index (χ2n) is 14.1. The van der Waals surface area contributed by atoms with Crippen molar-refractivity contribution in [1.29, 1.82) is 0 Å². The third-order valence-electron chi connectivity index (χ3n) is 11.6. The standard InChI is InChI=1S/C31H52O5/c1-19(2)9-8-10-20(3)25-11-12-26-24-17-28(36-22(5)33)31(34)18-23(35-21(4)32)13-16-30(31,7)27(24)14-15-29(25,26)6/h19-20,23-28,34H,8-18H2,1-7H3/t20?,23-,24?,25+,26?,27?,28+,29+,30+,31-/m0/s1. The van der Waals surface area contributed by atoms with Crippen molar-refractivity contribution >= 4 is 11.9 Å². The molecule has 0 radical (unpaired) electrons. The summed E-state index contributed by atoms with van der Waals surface area (Å²) in [6.07, 6.45) is 10.7. The number of carbonyl (C=O) groups excluding carboxylic acids is 2. The van der Waals surface area contributed by atoms with E-state index in [0.717, 1.165) is 43.4 Å². The summed E-state index contributed by atoms with van der Waals surface area (Å²) in [7, 11) is 0. The van der Waals surface area contributed by atoms with E-state index < -0.39 is 11.7 Å². The zero-order valence-corrected chi connectivity index (χ0v) is 24.0. The number of hydrogen-bond acceptors (Lipinski definition) is 5. The molecule has 0 saturated heterocycles. The van der Waals surface area contributed by atoms with Gasteiger partial charge in [-0.1, -0.05) is 53.9 Å². The van der Waals surface area contributed by atoms with E-state index in [2.05, 4.69) is 34.6 Å². The minimum Gasteiger partial charge on any atom is -0.462 e. The summed E-state index contributed by atoms with van der Waals surface area (Å²) in [6, 6.07) is 0. The molecule has 4 saturated carbocycles. The molecule has 5 heteroatoms. The third kappa shape index (κ3) is 4.76. The Morgan fingerprint density at radius 2 is 1.61 bits per heavy atom. The molecule has 36 heavy (non-hydrogen) atoms. The van der Waals surface area contributed by atoms with Crippen LogP contribution in [0, 0.1) is 46.3 Å². The van der Waals surface area contributed by atoms with E-state index in [1.807, 2.05) is 0 Å². The van der Waals surface area contributed by atoms with Gasteiger partial charge in [0.15, 0.2) is 0 Å². The minimum atomic E-state index is -1.16. The fourth-order valence-corrected chi connectivity index (χ4v) is 9.92. The van der Waals surface area contributed by atoms with Crippen LogP contribution in [-0.2, 0) is 19.1 Å². The number of fused-ring (bicyclic) bond motifs is 5. The molecule has 4 aliphatic carbocycles. The lowest BCUT2D eigenvalue weighted by molar-refractivity contribution is -0.271. The second-order valence-corrected chi connectivity index (χ2v) is 14.1. The highest BCUT2D eigenvalue weighted by molar-refractivity contribution is 5.66. The lowest BCUT2D eigenvalue weighted by Gasteiger charge is -2.65. The monoisotopic (exact) mass is 504 g/mol. The average Bonchev–Trinajstić information content (AvgIpc) is 3.12. The molecule has 4 aliphatic rings. The molecule has 0 spiro atoms. The van der Waals surface area contributed by atoms with Gasteiger partial charge in [-0.25, -0.2) is 0 Å². The molecule has 4 unspecified atom stereocenters. The summed E-state index contributed by atoms with van der Waals surface area (Å²) in [5.74, 6) is 3.15. The highest BCUT2D eigenvalue weighted by atomic mass is 16.6. The van der Waals surface area contributed by atoms with E-state index in [4.69, 9.17) is 9.47 Å². The molecule has 1 N–H and O–H groups in total. The van der Waals surface area contributed by atoms with Crippen LogP contribution in [0.4, 0.5) is 0 Å². The molecule has 0 heterocycles. The normalized spacial score (nSPS) is 44.8. The molecule has 0 bridgehead atoms. The molecule has 0 aromatic carbocycles. The molecule has 4 fully saturated rings. The van der Waals surface area contributed by atoms with Crippen LogP contribution in [0.1, 0.15) is 119 Å². The van der Waals surface area contributed by atoms with E-state index in [-0.39, 0.29) is 23.5 Å². The zero-order chi connectivity index (χ0) is 26.5.